The third-order valence-corrected chi connectivity index (χ3v) is 4.53. The molecule has 2 amide bonds. The molecule has 2 N–H and O–H groups in total. The van der Waals surface area contributed by atoms with Crippen molar-refractivity contribution in [3.05, 3.63) is 64.3 Å². The minimum Gasteiger partial charge on any atom is -0.362 e. The Kier molecular flexibility index (Phi) is 4.31. The molecule has 0 unspecified atom stereocenters. The Morgan fingerprint density at radius 3 is 2.70 bits per heavy atom. The minimum atomic E-state index is -0.373. The standard InChI is InChI=1S/C16H13N3O2S2/c1-10-4-6-11(7-5-10)14(20)18-19-15(21)13(23-16(19)22)9-12-3-2-8-17-12/h2-9,17H,1H3,(H,18,20)/b13-9+. The maximum Gasteiger partial charge on any atom is 0.285 e. The van der Waals surface area contributed by atoms with Crippen LogP contribution < -0.4 is 5.43 Å². The lowest BCUT2D eigenvalue weighted by Crippen LogP contribution is -2.44. The zero-order valence-corrected chi connectivity index (χ0v) is 13.8. The first kappa shape index (κ1) is 15.5. The summed E-state index contributed by atoms with van der Waals surface area (Å²) in [6.07, 6.45) is 3.48. The average molecular weight is 343 g/mol. The molecule has 3 rings (SSSR count). The maximum absolute atomic E-state index is 12.4. The van der Waals surface area contributed by atoms with Crippen LogP contribution >= 0.6 is 24.0 Å². The number of benzene rings is 1. The highest BCUT2D eigenvalue weighted by Gasteiger charge is 2.33. The number of carbonyl (C=O) groups excluding carboxylic acids is 2. The second-order valence-electron chi connectivity index (χ2n) is 4.95. The zero-order chi connectivity index (χ0) is 16.4. The van der Waals surface area contributed by atoms with Crippen LogP contribution in [-0.4, -0.2) is 26.1 Å². The highest BCUT2D eigenvalue weighted by atomic mass is 32.2. The molecule has 0 spiro atoms. The van der Waals surface area contributed by atoms with Gasteiger partial charge in [0.25, 0.3) is 11.8 Å². The van der Waals surface area contributed by atoms with Crippen molar-refractivity contribution in [2.45, 2.75) is 6.92 Å². The Morgan fingerprint density at radius 2 is 2.04 bits per heavy atom. The van der Waals surface area contributed by atoms with E-state index >= 15 is 0 Å². The second-order valence-corrected chi connectivity index (χ2v) is 6.63. The third kappa shape index (κ3) is 3.35. The first-order chi connectivity index (χ1) is 11.0. The van der Waals surface area contributed by atoms with E-state index in [4.69, 9.17) is 12.2 Å². The molecule has 1 saturated heterocycles. The Labute approximate surface area is 142 Å². The van der Waals surface area contributed by atoms with Gasteiger partial charge in [-0.2, -0.15) is 5.01 Å². The number of amides is 2. The highest BCUT2D eigenvalue weighted by Crippen LogP contribution is 2.31. The molecule has 0 saturated carbocycles. The molecule has 0 radical (unpaired) electrons. The molecule has 7 heteroatoms. The van der Waals surface area contributed by atoms with Gasteiger partial charge in [0.1, 0.15) is 0 Å². The van der Waals surface area contributed by atoms with Crippen LogP contribution in [0.5, 0.6) is 0 Å². The van der Waals surface area contributed by atoms with E-state index in [1.165, 1.54) is 0 Å². The van der Waals surface area contributed by atoms with E-state index in [9.17, 15) is 9.59 Å². The summed E-state index contributed by atoms with van der Waals surface area (Å²) in [5.74, 6) is -0.711. The van der Waals surface area contributed by atoms with Crippen LogP contribution in [0.15, 0.2) is 47.5 Å². The lowest BCUT2D eigenvalue weighted by molar-refractivity contribution is -0.123. The summed E-state index contributed by atoms with van der Waals surface area (Å²) >= 11 is 6.34. The molecule has 2 aromatic rings. The fraction of sp³-hybridized carbons (Fsp3) is 0.0625. The highest BCUT2D eigenvalue weighted by molar-refractivity contribution is 8.26. The van der Waals surface area contributed by atoms with Crippen molar-refractivity contribution in [2.75, 3.05) is 0 Å². The van der Waals surface area contributed by atoms with Crippen LogP contribution in [0.2, 0.25) is 0 Å². The Morgan fingerprint density at radius 1 is 1.30 bits per heavy atom. The number of hydrogen-bond acceptors (Lipinski definition) is 4. The Bertz CT molecular complexity index is 795. The van der Waals surface area contributed by atoms with Crippen molar-refractivity contribution in [3.8, 4) is 0 Å². The number of carbonyl (C=O) groups is 2. The fourth-order valence-corrected chi connectivity index (χ4v) is 3.18. The van der Waals surface area contributed by atoms with Crippen molar-refractivity contribution >= 4 is 46.2 Å². The van der Waals surface area contributed by atoms with Gasteiger partial charge in [-0.15, -0.1) is 0 Å². The molecule has 1 aromatic heterocycles. The maximum atomic E-state index is 12.4. The topological polar surface area (TPSA) is 65.2 Å². The van der Waals surface area contributed by atoms with E-state index in [0.717, 1.165) is 28.0 Å². The SMILES string of the molecule is Cc1ccc(C(=O)NN2C(=O)/C(=C\c3ccc[nH]3)SC2=S)cc1. The van der Waals surface area contributed by atoms with Gasteiger partial charge >= 0.3 is 0 Å². The van der Waals surface area contributed by atoms with Gasteiger partial charge in [-0.25, -0.2) is 0 Å². The molecule has 0 bridgehead atoms. The van der Waals surface area contributed by atoms with Crippen molar-refractivity contribution in [2.24, 2.45) is 0 Å². The Hall–Kier alpha value is -2.38. The molecule has 23 heavy (non-hydrogen) atoms. The molecule has 2 heterocycles. The van der Waals surface area contributed by atoms with Gasteiger partial charge in [-0.1, -0.05) is 29.5 Å². The van der Waals surface area contributed by atoms with Crippen LogP contribution in [0.4, 0.5) is 0 Å². The fourth-order valence-electron chi connectivity index (χ4n) is 2.01. The van der Waals surface area contributed by atoms with Gasteiger partial charge in [-0.05, 0) is 49.5 Å². The van der Waals surface area contributed by atoms with Crippen LogP contribution in [-0.2, 0) is 4.79 Å². The number of thiocarbonyl (C=S) groups is 1. The van der Waals surface area contributed by atoms with Crippen molar-refractivity contribution in [1.29, 1.82) is 0 Å². The molecule has 0 atom stereocenters. The normalized spacial score (nSPS) is 16.2. The molecule has 5 nitrogen and oxygen atoms in total. The molecule has 1 aliphatic heterocycles. The minimum absolute atomic E-state index is 0.299. The molecule has 1 fully saturated rings. The lowest BCUT2D eigenvalue weighted by Gasteiger charge is -2.15. The summed E-state index contributed by atoms with van der Waals surface area (Å²) in [7, 11) is 0. The van der Waals surface area contributed by atoms with Crippen LogP contribution in [0, 0.1) is 6.92 Å². The number of H-pyrrole nitrogens is 1. The van der Waals surface area contributed by atoms with Gasteiger partial charge in [0.05, 0.1) is 4.91 Å². The number of aromatic nitrogens is 1. The number of nitrogens with zero attached hydrogens (tertiary/aromatic N) is 1. The quantitative estimate of drug-likeness (QED) is 0.664. The number of hydrazine groups is 1. The first-order valence-corrected chi connectivity index (χ1v) is 8.06. The predicted molar refractivity (Wildman–Crippen MR) is 94.4 cm³/mol. The van der Waals surface area contributed by atoms with Crippen LogP contribution in [0.1, 0.15) is 21.6 Å². The number of nitrogens with one attached hydrogen (secondary N) is 2. The van der Waals surface area contributed by atoms with E-state index in [1.54, 1.807) is 24.4 Å². The zero-order valence-electron chi connectivity index (χ0n) is 12.2. The van der Waals surface area contributed by atoms with Gasteiger partial charge < -0.3 is 4.98 Å². The van der Waals surface area contributed by atoms with E-state index in [0.29, 0.717) is 14.8 Å². The van der Waals surface area contributed by atoms with Crippen LogP contribution in [0.3, 0.4) is 0 Å². The van der Waals surface area contributed by atoms with E-state index in [2.05, 4.69) is 10.4 Å². The molecular weight excluding hydrogens is 330 g/mol. The first-order valence-electron chi connectivity index (χ1n) is 6.83. The largest absolute Gasteiger partial charge is 0.362 e. The summed E-state index contributed by atoms with van der Waals surface area (Å²) < 4.78 is 0.299. The summed E-state index contributed by atoms with van der Waals surface area (Å²) in [5.41, 5.74) is 4.88. The van der Waals surface area contributed by atoms with Gasteiger partial charge in [0.15, 0.2) is 4.32 Å². The van der Waals surface area contributed by atoms with Gasteiger partial charge in [0, 0.05) is 17.5 Å². The number of rotatable bonds is 3. The molecule has 1 aromatic carbocycles. The van der Waals surface area contributed by atoms with E-state index < -0.39 is 0 Å². The summed E-state index contributed by atoms with van der Waals surface area (Å²) in [6, 6.07) is 10.8. The molecular formula is C16H13N3O2S2. The second kappa shape index (κ2) is 6.39. The smallest absolute Gasteiger partial charge is 0.285 e. The van der Waals surface area contributed by atoms with Crippen molar-refractivity contribution < 1.29 is 9.59 Å². The molecule has 116 valence electrons. The number of aromatic amines is 1. The number of hydrogen-bond donors (Lipinski definition) is 2. The average Bonchev–Trinajstić information content (AvgIpc) is 3.12. The number of aryl methyl sites for hydroxylation is 1. The van der Waals surface area contributed by atoms with Crippen LogP contribution in [0.25, 0.3) is 6.08 Å². The third-order valence-electron chi connectivity index (χ3n) is 3.23. The van der Waals surface area contributed by atoms with Gasteiger partial charge in [-0.3, -0.25) is 15.0 Å². The number of thioether (sulfide) groups is 1. The Balaban J connectivity index is 1.75. The molecule has 0 aliphatic carbocycles. The summed E-state index contributed by atoms with van der Waals surface area (Å²) in [6.45, 7) is 1.94. The summed E-state index contributed by atoms with van der Waals surface area (Å²) in [5, 5.41) is 1.11. The monoisotopic (exact) mass is 343 g/mol. The van der Waals surface area contributed by atoms with E-state index in [1.807, 2.05) is 31.2 Å². The van der Waals surface area contributed by atoms with Gasteiger partial charge in [0.2, 0.25) is 0 Å². The predicted octanol–water partition coefficient (Wildman–Crippen LogP) is 2.87. The lowest BCUT2D eigenvalue weighted by atomic mass is 10.1. The summed E-state index contributed by atoms with van der Waals surface area (Å²) in [4.78, 5) is 28.1. The van der Waals surface area contributed by atoms with Crippen molar-refractivity contribution in [3.63, 3.8) is 0 Å². The van der Waals surface area contributed by atoms with E-state index in [-0.39, 0.29) is 11.8 Å². The molecule has 1 aliphatic rings. The van der Waals surface area contributed by atoms with Crippen molar-refractivity contribution in [1.82, 2.24) is 15.4 Å².